The Bertz CT molecular complexity index is 992. The fraction of sp³-hybridized carbons (Fsp3) is 0.444. The quantitative estimate of drug-likeness (QED) is 0.705. The predicted molar refractivity (Wildman–Crippen MR) is 96.8 cm³/mol. The molecule has 0 atom stereocenters. The van der Waals surface area contributed by atoms with Crippen LogP contribution in [0.4, 0.5) is 13.2 Å². The van der Waals surface area contributed by atoms with E-state index >= 15 is 0 Å². The second-order valence-electron chi connectivity index (χ2n) is 6.51. The highest BCUT2D eigenvalue weighted by molar-refractivity contribution is 5.83. The molecule has 156 valence electrons. The van der Waals surface area contributed by atoms with E-state index in [1.54, 1.807) is 4.68 Å². The van der Waals surface area contributed by atoms with Gasteiger partial charge in [0.05, 0.1) is 17.1 Å². The maximum absolute atomic E-state index is 10.6. The summed E-state index contributed by atoms with van der Waals surface area (Å²) in [6.07, 6.45) is -4.20. The van der Waals surface area contributed by atoms with Crippen LogP contribution < -0.4 is 0 Å². The Kier molecular flexibility index (Phi) is 5.87. The van der Waals surface area contributed by atoms with Crippen molar-refractivity contribution in [2.24, 2.45) is 0 Å². The van der Waals surface area contributed by atoms with Gasteiger partial charge in [-0.05, 0) is 24.2 Å². The van der Waals surface area contributed by atoms with E-state index in [1.807, 2.05) is 18.2 Å². The van der Waals surface area contributed by atoms with Gasteiger partial charge in [0.25, 0.3) is 5.95 Å². The van der Waals surface area contributed by atoms with Gasteiger partial charge in [-0.15, -0.1) is 0 Å². The highest BCUT2D eigenvalue weighted by Gasteiger charge is 2.38. The maximum atomic E-state index is 10.6. The lowest BCUT2D eigenvalue weighted by atomic mass is 10.0. The van der Waals surface area contributed by atoms with Crippen molar-refractivity contribution >= 4 is 16.9 Å². The van der Waals surface area contributed by atoms with Gasteiger partial charge in [-0.2, -0.15) is 27.9 Å². The van der Waals surface area contributed by atoms with Crippen LogP contribution in [-0.2, 0) is 11.2 Å². The Morgan fingerprint density at radius 3 is 2.52 bits per heavy atom. The number of hydrogen-bond acceptors (Lipinski definition) is 6. The van der Waals surface area contributed by atoms with Crippen molar-refractivity contribution < 1.29 is 27.6 Å². The van der Waals surface area contributed by atoms with Crippen LogP contribution in [-0.4, -0.2) is 61.7 Å². The lowest BCUT2D eigenvalue weighted by molar-refractivity contribution is -0.192. The molecule has 1 aliphatic rings. The summed E-state index contributed by atoms with van der Waals surface area (Å²) in [5.41, 5.74) is 2.08. The number of carbonyl (C=O) groups is 1. The fourth-order valence-corrected chi connectivity index (χ4v) is 3.01. The minimum Gasteiger partial charge on any atom is -0.475 e. The monoisotopic (exact) mass is 411 g/mol. The normalized spacial score (nSPS) is 15.1. The standard InChI is InChI=1S/C16H19N5O.C2HF3O2/c1-3-13-12-7-5-6-8-14(12)21(18-13)16-17-15(22-19-16)11-9-20(4-2)10-11;3-2(4,5)1(6)7/h5-8,11H,3-4,9-10H2,1-2H3;(H,6,7). The van der Waals surface area contributed by atoms with E-state index in [9.17, 15) is 13.2 Å². The number of aryl methyl sites for hydroxylation is 1. The van der Waals surface area contributed by atoms with Gasteiger partial charge in [0.2, 0.25) is 5.89 Å². The number of halogens is 3. The van der Waals surface area contributed by atoms with Gasteiger partial charge in [-0.1, -0.05) is 32.0 Å². The third kappa shape index (κ3) is 4.39. The summed E-state index contributed by atoms with van der Waals surface area (Å²) in [6, 6.07) is 8.16. The average molecular weight is 411 g/mol. The molecular weight excluding hydrogens is 391 g/mol. The molecule has 0 amide bonds. The van der Waals surface area contributed by atoms with Crippen LogP contribution in [0.25, 0.3) is 16.9 Å². The number of aromatic nitrogens is 4. The molecular formula is C18H20F3N5O3. The van der Waals surface area contributed by atoms with Crippen molar-refractivity contribution in [2.75, 3.05) is 19.6 Å². The Hall–Kier alpha value is -2.95. The number of nitrogens with zero attached hydrogens (tertiary/aromatic N) is 5. The number of carboxylic acid groups (broad SMARTS) is 1. The van der Waals surface area contributed by atoms with Crippen LogP contribution in [0.3, 0.4) is 0 Å². The molecule has 3 aromatic rings. The molecule has 2 aromatic heterocycles. The molecule has 3 heterocycles. The van der Waals surface area contributed by atoms with Gasteiger partial charge in [-0.25, -0.2) is 4.79 Å². The maximum Gasteiger partial charge on any atom is 0.490 e. The SMILES string of the molecule is CCc1nn(-c2noc(C3CN(CC)C3)n2)c2ccccc12.O=C(O)C(F)(F)F. The Balaban J connectivity index is 0.000000298. The highest BCUT2D eigenvalue weighted by atomic mass is 19.4. The molecule has 0 spiro atoms. The third-order valence-corrected chi connectivity index (χ3v) is 4.62. The van der Waals surface area contributed by atoms with Crippen LogP contribution in [0.1, 0.15) is 31.4 Å². The summed E-state index contributed by atoms with van der Waals surface area (Å²) in [7, 11) is 0. The van der Waals surface area contributed by atoms with Crippen LogP contribution in [0, 0.1) is 0 Å². The molecule has 29 heavy (non-hydrogen) atoms. The highest BCUT2D eigenvalue weighted by Crippen LogP contribution is 2.27. The molecule has 0 saturated carbocycles. The number of likely N-dealkylation sites (tertiary alicyclic amines) is 1. The van der Waals surface area contributed by atoms with Gasteiger partial charge in [0, 0.05) is 18.5 Å². The predicted octanol–water partition coefficient (Wildman–Crippen LogP) is 3.02. The number of alkyl halides is 3. The van der Waals surface area contributed by atoms with Crippen LogP contribution in [0.5, 0.6) is 0 Å². The lowest BCUT2D eigenvalue weighted by Gasteiger charge is -2.35. The zero-order valence-corrected chi connectivity index (χ0v) is 15.8. The number of para-hydroxylation sites is 1. The second kappa shape index (κ2) is 8.19. The average Bonchev–Trinajstić information content (AvgIpc) is 3.25. The Morgan fingerprint density at radius 2 is 1.93 bits per heavy atom. The molecule has 8 nitrogen and oxygen atoms in total. The minimum absolute atomic E-state index is 0.355. The van der Waals surface area contributed by atoms with Crippen molar-refractivity contribution in [1.82, 2.24) is 24.8 Å². The molecule has 4 rings (SSSR count). The first-order chi connectivity index (χ1) is 13.7. The summed E-state index contributed by atoms with van der Waals surface area (Å²) < 4.78 is 39.0. The van der Waals surface area contributed by atoms with Gasteiger partial charge in [-0.3, -0.25) is 0 Å². The van der Waals surface area contributed by atoms with E-state index in [1.165, 1.54) is 0 Å². The van der Waals surface area contributed by atoms with Gasteiger partial charge < -0.3 is 14.5 Å². The molecule has 0 aliphatic carbocycles. The van der Waals surface area contributed by atoms with Crippen LogP contribution in [0.15, 0.2) is 28.8 Å². The number of fused-ring (bicyclic) bond motifs is 1. The summed E-state index contributed by atoms with van der Waals surface area (Å²) in [4.78, 5) is 15.8. The Morgan fingerprint density at radius 1 is 1.28 bits per heavy atom. The zero-order valence-electron chi connectivity index (χ0n) is 15.8. The summed E-state index contributed by atoms with van der Waals surface area (Å²) in [5.74, 6) is -1.15. The van der Waals surface area contributed by atoms with Crippen molar-refractivity contribution in [3.05, 3.63) is 35.9 Å². The van der Waals surface area contributed by atoms with E-state index in [-0.39, 0.29) is 0 Å². The Labute approximate surface area is 163 Å². The van der Waals surface area contributed by atoms with Crippen molar-refractivity contribution in [1.29, 1.82) is 0 Å². The number of rotatable bonds is 4. The second-order valence-corrected chi connectivity index (χ2v) is 6.51. The molecule has 1 aliphatic heterocycles. The van der Waals surface area contributed by atoms with Crippen LogP contribution in [0.2, 0.25) is 0 Å². The molecule has 1 N–H and O–H groups in total. The van der Waals surface area contributed by atoms with Gasteiger partial charge >= 0.3 is 12.1 Å². The van der Waals surface area contributed by atoms with E-state index in [4.69, 9.17) is 14.4 Å². The number of carboxylic acids is 1. The van der Waals surface area contributed by atoms with Crippen molar-refractivity contribution in [3.63, 3.8) is 0 Å². The third-order valence-electron chi connectivity index (χ3n) is 4.62. The molecule has 0 radical (unpaired) electrons. The van der Waals surface area contributed by atoms with Gasteiger partial charge in [0.1, 0.15) is 0 Å². The minimum atomic E-state index is -5.08. The smallest absolute Gasteiger partial charge is 0.475 e. The first-order valence-electron chi connectivity index (χ1n) is 9.07. The first kappa shape index (κ1) is 20.8. The molecule has 1 aromatic carbocycles. The molecule has 1 saturated heterocycles. The van der Waals surface area contributed by atoms with Crippen molar-refractivity contribution in [2.45, 2.75) is 32.4 Å². The molecule has 0 bridgehead atoms. The lowest BCUT2D eigenvalue weighted by Crippen LogP contribution is -2.44. The number of hydrogen-bond donors (Lipinski definition) is 1. The fourth-order valence-electron chi connectivity index (χ4n) is 3.01. The summed E-state index contributed by atoms with van der Waals surface area (Å²) >= 11 is 0. The summed E-state index contributed by atoms with van der Waals surface area (Å²) in [5, 5.41) is 17.1. The van der Waals surface area contributed by atoms with E-state index < -0.39 is 12.1 Å². The van der Waals surface area contributed by atoms with E-state index in [2.05, 4.69) is 40.1 Å². The molecule has 0 unspecified atom stereocenters. The van der Waals surface area contributed by atoms with Crippen LogP contribution >= 0.6 is 0 Å². The number of likely N-dealkylation sites (N-methyl/N-ethyl adjacent to an activating group) is 1. The zero-order chi connectivity index (χ0) is 21.2. The van der Waals surface area contributed by atoms with Gasteiger partial charge in [0.15, 0.2) is 0 Å². The molecule has 1 fully saturated rings. The first-order valence-corrected chi connectivity index (χ1v) is 9.07. The van der Waals surface area contributed by atoms with Crippen molar-refractivity contribution in [3.8, 4) is 5.95 Å². The number of benzene rings is 1. The molecule has 11 heteroatoms. The largest absolute Gasteiger partial charge is 0.490 e. The topological polar surface area (TPSA) is 97.3 Å². The summed E-state index contributed by atoms with van der Waals surface area (Å²) in [6.45, 7) is 7.34. The van der Waals surface area contributed by atoms with E-state index in [0.717, 1.165) is 48.5 Å². The van der Waals surface area contributed by atoms with E-state index in [0.29, 0.717) is 11.9 Å². The number of aliphatic carboxylic acids is 1.